The summed E-state index contributed by atoms with van der Waals surface area (Å²) in [6.07, 6.45) is 0.842. The second-order valence-corrected chi connectivity index (χ2v) is 6.58. The molecule has 0 bridgehead atoms. The van der Waals surface area contributed by atoms with Crippen molar-refractivity contribution in [2.24, 2.45) is 11.7 Å². The Morgan fingerprint density at radius 2 is 1.62 bits per heavy atom. The van der Waals surface area contributed by atoms with E-state index >= 15 is 0 Å². The van der Waals surface area contributed by atoms with Gasteiger partial charge in [0.2, 0.25) is 0 Å². The maximum atomic E-state index is 12.2. The maximum absolute atomic E-state index is 12.2. The summed E-state index contributed by atoms with van der Waals surface area (Å²) in [6.45, 7) is 0.630. The summed E-state index contributed by atoms with van der Waals surface area (Å²) in [5, 5.41) is 9.24. The van der Waals surface area contributed by atoms with Gasteiger partial charge in [0.25, 0.3) is 0 Å². The van der Waals surface area contributed by atoms with Crippen LogP contribution in [0, 0.1) is 5.92 Å². The smallest absolute Gasteiger partial charge is 0.307 e. The zero-order valence-electron chi connectivity index (χ0n) is 14.6. The molecular formula is C21H23NO4. The molecule has 26 heavy (non-hydrogen) atoms. The average molecular weight is 353 g/mol. The topological polar surface area (TPSA) is 89.6 Å². The van der Waals surface area contributed by atoms with Gasteiger partial charge in [-0.2, -0.15) is 0 Å². The molecule has 5 nitrogen and oxygen atoms in total. The van der Waals surface area contributed by atoms with Gasteiger partial charge in [0.05, 0.1) is 12.3 Å². The predicted octanol–water partition coefficient (Wildman–Crippen LogP) is 3.17. The van der Waals surface area contributed by atoms with Gasteiger partial charge in [0.15, 0.2) is 0 Å². The van der Waals surface area contributed by atoms with Crippen molar-refractivity contribution in [1.82, 2.24) is 0 Å². The predicted molar refractivity (Wildman–Crippen MR) is 98.7 cm³/mol. The number of ether oxygens (including phenoxy) is 1. The normalized spacial score (nSPS) is 13.7. The molecule has 0 aromatic heterocycles. The van der Waals surface area contributed by atoms with Gasteiger partial charge >= 0.3 is 11.9 Å². The Balaban J connectivity index is 1.68. The number of hydrogen-bond acceptors (Lipinski definition) is 4. The highest BCUT2D eigenvalue weighted by Crippen LogP contribution is 2.44. The van der Waals surface area contributed by atoms with Crippen LogP contribution in [0.4, 0.5) is 0 Å². The molecule has 1 aliphatic carbocycles. The summed E-state index contributed by atoms with van der Waals surface area (Å²) < 4.78 is 5.47. The molecule has 136 valence electrons. The second-order valence-electron chi connectivity index (χ2n) is 6.58. The maximum Gasteiger partial charge on any atom is 0.307 e. The van der Waals surface area contributed by atoms with Crippen LogP contribution in [0.25, 0.3) is 11.1 Å². The van der Waals surface area contributed by atoms with Crippen LogP contribution in [-0.4, -0.2) is 30.2 Å². The Labute approximate surface area is 152 Å². The minimum absolute atomic E-state index is 0.0151. The molecule has 5 heteroatoms. The van der Waals surface area contributed by atoms with Gasteiger partial charge in [-0.25, -0.2) is 0 Å². The number of hydrogen-bond donors (Lipinski definition) is 2. The van der Waals surface area contributed by atoms with Crippen molar-refractivity contribution < 1.29 is 19.4 Å². The van der Waals surface area contributed by atoms with E-state index in [0.29, 0.717) is 19.4 Å². The summed E-state index contributed by atoms with van der Waals surface area (Å²) in [6, 6.07) is 16.2. The van der Waals surface area contributed by atoms with Crippen molar-refractivity contribution in [1.29, 1.82) is 0 Å². The van der Waals surface area contributed by atoms with E-state index < -0.39 is 17.9 Å². The van der Waals surface area contributed by atoms with Gasteiger partial charge in [0.1, 0.15) is 6.61 Å². The van der Waals surface area contributed by atoms with E-state index in [2.05, 4.69) is 24.3 Å². The Hall–Kier alpha value is -2.66. The highest BCUT2D eigenvalue weighted by atomic mass is 16.5. The van der Waals surface area contributed by atoms with E-state index in [0.717, 1.165) is 22.3 Å². The second kappa shape index (κ2) is 8.15. The van der Waals surface area contributed by atoms with Crippen molar-refractivity contribution in [2.45, 2.75) is 25.2 Å². The molecule has 0 radical (unpaired) electrons. The summed E-state index contributed by atoms with van der Waals surface area (Å²) in [4.78, 5) is 23.5. The number of benzene rings is 2. The highest BCUT2D eigenvalue weighted by Gasteiger charge is 2.29. The minimum Gasteiger partial charge on any atom is -0.481 e. The molecule has 0 amide bonds. The third-order valence-electron chi connectivity index (χ3n) is 4.89. The van der Waals surface area contributed by atoms with Gasteiger partial charge in [-0.3, -0.25) is 9.59 Å². The largest absolute Gasteiger partial charge is 0.481 e. The molecule has 1 unspecified atom stereocenters. The van der Waals surface area contributed by atoms with Crippen molar-refractivity contribution in [3.05, 3.63) is 59.7 Å². The molecule has 3 N–H and O–H groups in total. The van der Waals surface area contributed by atoms with E-state index in [4.69, 9.17) is 10.5 Å². The zero-order valence-corrected chi connectivity index (χ0v) is 14.6. The van der Waals surface area contributed by atoms with E-state index in [1.807, 2.05) is 24.3 Å². The lowest BCUT2D eigenvalue weighted by molar-refractivity contribution is -0.152. The molecule has 2 aromatic rings. The van der Waals surface area contributed by atoms with Gasteiger partial charge in [-0.1, -0.05) is 48.5 Å². The van der Waals surface area contributed by atoms with Crippen LogP contribution < -0.4 is 5.73 Å². The fraction of sp³-hybridized carbons (Fsp3) is 0.333. The van der Waals surface area contributed by atoms with Crippen LogP contribution in [0.3, 0.4) is 0 Å². The van der Waals surface area contributed by atoms with Crippen LogP contribution in [0.2, 0.25) is 0 Å². The monoisotopic (exact) mass is 353 g/mol. The lowest BCUT2D eigenvalue weighted by Gasteiger charge is -2.16. The van der Waals surface area contributed by atoms with Crippen LogP contribution >= 0.6 is 0 Å². The van der Waals surface area contributed by atoms with E-state index in [1.165, 1.54) is 0 Å². The summed E-state index contributed by atoms with van der Waals surface area (Å²) in [5.41, 5.74) is 10.0. The number of carbonyl (C=O) groups excluding carboxylic acids is 1. The van der Waals surface area contributed by atoms with Crippen LogP contribution in [0.15, 0.2) is 48.5 Å². The number of nitrogens with two attached hydrogens (primary N) is 1. The first-order chi connectivity index (χ1) is 12.6. The van der Waals surface area contributed by atoms with Gasteiger partial charge in [-0.15, -0.1) is 0 Å². The van der Waals surface area contributed by atoms with Gasteiger partial charge in [0, 0.05) is 5.92 Å². The number of esters is 1. The molecule has 0 aliphatic heterocycles. The number of carboxylic acids is 1. The number of carboxylic acid groups (broad SMARTS) is 1. The third kappa shape index (κ3) is 3.78. The molecule has 0 heterocycles. The number of rotatable bonds is 8. The summed E-state index contributed by atoms with van der Waals surface area (Å²) in [5.74, 6) is -2.21. The van der Waals surface area contributed by atoms with Crippen LogP contribution in [0.1, 0.15) is 36.3 Å². The van der Waals surface area contributed by atoms with E-state index in [9.17, 15) is 14.7 Å². The van der Waals surface area contributed by atoms with Crippen molar-refractivity contribution in [3.8, 4) is 11.1 Å². The number of aliphatic carboxylic acids is 1. The third-order valence-corrected chi connectivity index (χ3v) is 4.89. The minimum atomic E-state index is -0.980. The molecule has 0 saturated heterocycles. The number of carbonyl (C=O) groups is 2. The van der Waals surface area contributed by atoms with Crippen molar-refractivity contribution in [3.63, 3.8) is 0 Å². The highest BCUT2D eigenvalue weighted by molar-refractivity contribution is 5.80. The molecular weight excluding hydrogens is 330 g/mol. The quantitative estimate of drug-likeness (QED) is 0.712. The van der Waals surface area contributed by atoms with E-state index in [-0.39, 0.29) is 18.9 Å². The molecule has 0 saturated carbocycles. The molecule has 3 rings (SSSR count). The molecule has 0 fully saturated rings. The summed E-state index contributed by atoms with van der Waals surface area (Å²) in [7, 11) is 0. The standard InChI is InChI=1S/C21H23NO4/c22-11-5-6-14(21(24)25)12-20(23)26-13-19-17-9-3-1-7-15(17)16-8-2-4-10-18(16)19/h1-4,7-10,14,19H,5-6,11-13,22H2,(H,24,25). The molecule has 0 spiro atoms. The van der Waals surface area contributed by atoms with Crippen molar-refractivity contribution in [2.75, 3.05) is 13.2 Å². The zero-order chi connectivity index (χ0) is 18.5. The van der Waals surface area contributed by atoms with Crippen LogP contribution in [0.5, 0.6) is 0 Å². The first-order valence-corrected chi connectivity index (χ1v) is 8.88. The SMILES string of the molecule is NCCCC(CC(=O)OCC1c2ccccc2-c2ccccc21)C(=O)O. The fourth-order valence-corrected chi connectivity index (χ4v) is 3.55. The number of fused-ring (bicyclic) bond motifs is 3. The molecule has 1 atom stereocenters. The Kier molecular flexibility index (Phi) is 5.68. The Bertz CT molecular complexity index is 757. The van der Waals surface area contributed by atoms with Gasteiger partial charge < -0.3 is 15.6 Å². The first-order valence-electron chi connectivity index (χ1n) is 8.88. The van der Waals surface area contributed by atoms with Crippen LogP contribution in [-0.2, 0) is 14.3 Å². The Morgan fingerprint density at radius 1 is 1.04 bits per heavy atom. The van der Waals surface area contributed by atoms with Gasteiger partial charge in [-0.05, 0) is 41.6 Å². The lowest BCUT2D eigenvalue weighted by Crippen LogP contribution is -2.21. The molecule has 2 aromatic carbocycles. The van der Waals surface area contributed by atoms with Crippen molar-refractivity contribution >= 4 is 11.9 Å². The lowest BCUT2D eigenvalue weighted by atomic mass is 9.97. The molecule has 1 aliphatic rings. The summed E-state index contributed by atoms with van der Waals surface area (Å²) >= 11 is 0. The van der Waals surface area contributed by atoms with E-state index in [1.54, 1.807) is 0 Å². The average Bonchev–Trinajstić information content (AvgIpc) is 2.97. The fourth-order valence-electron chi connectivity index (χ4n) is 3.55. The first kappa shape index (κ1) is 18.1. The Morgan fingerprint density at radius 3 is 2.15 bits per heavy atom.